The van der Waals surface area contributed by atoms with Crippen LogP contribution in [0.4, 0.5) is 4.48 Å². The number of allylic oxidation sites excluding steroid dienone is 3. The van der Waals surface area contributed by atoms with Crippen LogP contribution in [0.1, 0.15) is 72.5 Å². The summed E-state index contributed by atoms with van der Waals surface area (Å²) in [6, 6.07) is 20.4. The number of Topliss-reactive ketones (excluding diaryl/α,β-unsaturated/α-hetero) is 1. The summed E-state index contributed by atoms with van der Waals surface area (Å²) in [5, 5.41) is 13.6. The number of hydrogen-bond donors (Lipinski definition) is 2. The van der Waals surface area contributed by atoms with Gasteiger partial charge < -0.3 is 19.9 Å². The van der Waals surface area contributed by atoms with E-state index in [2.05, 4.69) is 5.32 Å². The topological polar surface area (TPSA) is 105 Å². The van der Waals surface area contributed by atoms with Crippen molar-refractivity contribution in [1.82, 2.24) is 10.4 Å². The van der Waals surface area contributed by atoms with Gasteiger partial charge in [0.05, 0.1) is 12.7 Å². The molecule has 2 atom stereocenters. The Balaban J connectivity index is 0.00000216. The molecule has 0 radical (unpaired) electrons. The molecule has 0 saturated carbocycles. The average molecular weight is 601 g/mol. The van der Waals surface area contributed by atoms with Gasteiger partial charge in [-0.1, -0.05) is 66.9 Å². The summed E-state index contributed by atoms with van der Waals surface area (Å²) in [6.45, 7) is 5.46. The molecule has 5 rings (SSSR count). The number of methoxy groups -OCH3 is 1. The standard InChI is InChI=1S/C33H31FN2O6.C2H6/c1-19-29(33(40)42-18-21-9-4-5-13-25(21)32(39)36(2)34)30(20-10-8-11-23(37)15-20)31-26(35-19)16-22(17-27(31)38)24-12-6-7-14-28(24)41-3;1-2/h4-15,22,30,35,37H,16-18H2,1-3H3;1-2H3/t22-,30-;/m1./s1. The molecular weight excluding hydrogens is 563 g/mol. The fourth-order valence-electron chi connectivity index (χ4n) is 5.81. The van der Waals surface area contributed by atoms with Gasteiger partial charge in [-0.25, -0.2) is 4.79 Å². The zero-order valence-corrected chi connectivity index (χ0v) is 25.5. The minimum absolute atomic E-state index is 0.00325. The molecule has 2 N–H and O–H groups in total. The number of nitrogens with one attached hydrogen (secondary N) is 1. The molecule has 1 amide bonds. The number of phenolic OH excluding ortho intramolecular Hbond substituents is 1. The molecule has 8 nitrogen and oxygen atoms in total. The van der Waals surface area contributed by atoms with Crippen LogP contribution >= 0.6 is 0 Å². The highest BCUT2D eigenvalue weighted by Crippen LogP contribution is 2.47. The highest BCUT2D eigenvalue weighted by atomic mass is 19.2. The van der Waals surface area contributed by atoms with Crippen molar-refractivity contribution in [2.24, 2.45) is 0 Å². The molecule has 0 bridgehead atoms. The van der Waals surface area contributed by atoms with E-state index in [1.807, 2.05) is 38.1 Å². The van der Waals surface area contributed by atoms with Gasteiger partial charge in [0, 0.05) is 53.4 Å². The van der Waals surface area contributed by atoms with Gasteiger partial charge in [0.1, 0.15) is 18.1 Å². The lowest BCUT2D eigenvalue weighted by Crippen LogP contribution is -2.36. The Morgan fingerprint density at radius 1 is 1.02 bits per heavy atom. The molecule has 3 aromatic carbocycles. The molecule has 2 aliphatic rings. The molecule has 0 saturated heterocycles. The predicted octanol–water partition coefficient (Wildman–Crippen LogP) is 6.49. The normalized spacial score (nSPS) is 17.5. The summed E-state index contributed by atoms with van der Waals surface area (Å²) >= 11 is 0. The van der Waals surface area contributed by atoms with E-state index in [-0.39, 0.29) is 46.7 Å². The summed E-state index contributed by atoms with van der Waals surface area (Å²) in [4.78, 5) is 39.9. The van der Waals surface area contributed by atoms with Crippen LogP contribution in [0.3, 0.4) is 0 Å². The Morgan fingerprint density at radius 2 is 1.73 bits per heavy atom. The molecule has 230 valence electrons. The molecule has 1 aliphatic carbocycles. The maximum Gasteiger partial charge on any atom is 0.337 e. The average Bonchev–Trinajstić information content (AvgIpc) is 3.03. The van der Waals surface area contributed by atoms with E-state index < -0.39 is 17.8 Å². The molecular formula is C35H37FN2O6. The molecule has 1 aliphatic heterocycles. The Morgan fingerprint density at radius 3 is 2.43 bits per heavy atom. The molecule has 3 aromatic rings. The Labute approximate surface area is 256 Å². The third kappa shape index (κ3) is 6.51. The van der Waals surface area contributed by atoms with Crippen molar-refractivity contribution in [3.05, 3.63) is 118 Å². The number of halogens is 1. The zero-order chi connectivity index (χ0) is 32.0. The fraction of sp³-hybridized carbons (Fsp3) is 0.286. The van der Waals surface area contributed by atoms with Crippen LogP contribution in [-0.2, 0) is 20.9 Å². The lowest BCUT2D eigenvalue weighted by atomic mass is 9.71. The van der Waals surface area contributed by atoms with Gasteiger partial charge in [-0.05, 0) is 48.7 Å². The number of amides is 1. The van der Waals surface area contributed by atoms with Crippen LogP contribution in [0.2, 0.25) is 0 Å². The molecule has 0 fully saturated rings. The number of nitrogens with zero attached hydrogens (tertiary/aromatic N) is 1. The quantitative estimate of drug-likeness (QED) is 0.236. The third-order valence-corrected chi connectivity index (χ3v) is 7.72. The third-order valence-electron chi connectivity index (χ3n) is 7.72. The van der Waals surface area contributed by atoms with E-state index in [0.717, 1.165) is 12.6 Å². The number of benzene rings is 3. The highest BCUT2D eigenvalue weighted by molar-refractivity contribution is 6.04. The van der Waals surface area contributed by atoms with Crippen LogP contribution in [0.15, 0.2) is 95.3 Å². The minimum atomic E-state index is -0.860. The van der Waals surface area contributed by atoms with Gasteiger partial charge in [-0.15, -0.1) is 0 Å². The molecule has 0 aromatic heterocycles. The summed E-state index contributed by atoms with van der Waals surface area (Å²) in [6.07, 6.45) is 0.729. The van der Waals surface area contributed by atoms with Crippen molar-refractivity contribution >= 4 is 17.7 Å². The van der Waals surface area contributed by atoms with E-state index >= 15 is 0 Å². The van der Waals surface area contributed by atoms with Gasteiger partial charge in [-0.3, -0.25) is 9.59 Å². The first-order valence-electron chi connectivity index (χ1n) is 14.5. The number of aromatic hydroxyl groups is 1. The summed E-state index contributed by atoms with van der Waals surface area (Å²) in [7, 11) is 2.59. The van der Waals surface area contributed by atoms with Gasteiger partial charge in [-0.2, -0.15) is 5.12 Å². The molecule has 9 heteroatoms. The SMILES string of the molecule is CC.COc1ccccc1[C@H]1CC(=O)C2=C(C1)NC(C)=C(C(=O)OCc1ccccc1C(=O)N(C)F)[C@H]2c1cccc(O)c1. The predicted molar refractivity (Wildman–Crippen MR) is 164 cm³/mol. The lowest BCUT2D eigenvalue weighted by molar-refractivity contribution is -0.140. The summed E-state index contributed by atoms with van der Waals surface area (Å²) < 4.78 is 24.9. The summed E-state index contributed by atoms with van der Waals surface area (Å²) in [5.74, 6) is -1.91. The van der Waals surface area contributed by atoms with Gasteiger partial charge in [0.25, 0.3) is 5.91 Å². The van der Waals surface area contributed by atoms with Gasteiger partial charge >= 0.3 is 5.97 Å². The Kier molecular flexibility index (Phi) is 10.2. The van der Waals surface area contributed by atoms with Crippen molar-refractivity contribution in [1.29, 1.82) is 0 Å². The maximum atomic E-state index is 13.9. The molecule has 0 unspecified atom stereocenters. The lowest BCUT2D eigenvalue weighted by Gasteiger charge is -2.37. The van der Waals surface area contributed by atoms with Crippen molar-refractivity contribution in [3.8, 4) is 11.5 Å². The first-order chi connectivity index (χ1) is 21.2. The second-order valence-electron chi connectivity index (χ2n) is 10.4. The summed E-state index contributed by atoms with van der Waals surface area (Å²) in [5.41, 5.74) is 3.77. The van der Waals surface area contributed by atoms with Crippen LogP contribution in [0.5, 0.6) is 11.5 Å². The first-order valence-corrected chi connectivity index (χ1v) is 14.5. The van der Waals surface area contributed by atoms with Gasteiger partial charge in [0.15, 0.2) is 5.78 Å². The second-order valence-corrected chi connectivity index (χ2v) is 10.4. The van der Waals surface area contributed by atoms with E-state index in [1.54, 1.807) is 44.4 Å². The number of hydrogen-bond acceptors (Lipinski definition) is 7. The van der Waals surface area contributed by atoms with Gasteiger partial charge in [0.2, 0.25) is 0 Å². The number of esters is 1. The number of carbonyl (C=O) groups is 3. The molecule has 0 spiro atoms. The first kappa shape index (κ1) is 32.0. The Bertz CT molecular complexity index is 1630. The number of ketones is 1. The number of ether oxygens (including phenoxy) is 2. The smallest absolute Gasteiger partial charge is 0.337 e. The maximum absolute atomic E-state index is 13.9. The van der Waals surface area contributed by atoms with E-state index in [4.69, 9.17) is 9.47 Å². The largest absolute Gasteiger partial charge is 0.508 e. The van der Waals surface area contributed by atoms with Crippen molar-refractivity contribution in [2.75, 3.05) is 14.2 Å². The zero-order valence-electron chi connectivity index (χ0n) is 25.5. The van der Waals surface area contributed by atoms with Crippen LogP contribution in [0.25, 0.3) is 0 Å². The van der Waals surface area contributed by atoms with Crippen molar-refractivity contribution < 1.29 is 33.4 Å². The second kappa shape index (κ2) is 14.0. The number of phenols is 1. The molecule has 1 heterocycles. The highest BCUT2D eigenvalue weighted by Gasteiger charge is 2.42. The van der Waals surface area contributed by atoms with Crippen LogP contribution in [-0.4, -0.2) is 42.0 Å². The molecule has 44 heavy (non-hydrogen) atoms. The number of dihydropyridines is 1. The minimum Gasteiger partial charge on any atom is -0.508 e. The van der Waals surface area contributed by atoms with E-state index in [1.165, 1.54) is 18.2 Å². The van der Waals surface area contributed by atoms with E-state index in [9.17, 15) is 24.0 Å². The Hall–Kier alpha value is -4.92. The fourth-order valence-corrected chi connectivity index (χ4v) is 5.81. The van der Waals surface area contributed by atoms with Crippen LogP contribution in [0, 0.1) is 0 Å². The van der Waals surface area contributed by atoms with E-state index in [0.29, 0.717) is 40.3 Å². The monoisotopic (exact) mass is 600 g/mol. The number of para-hydroxylation sites is 1. The number of rotatable bonds is 7. The van der Waals surface area contributed by atoms with Crippen molar-refractivity contribution in [2.45, 2.75) is 52.1 Å². The number of carbonyl (C=O) groups excluding carboxylic acids is 3. The van der Waals surface area contributed by atoms with Crippen LogP contribution < -0.4 is 10.1 Å². The van der Waals surface area contributed by atoms with Crippen molar-refractivity contribution in [3.63, 3.8) is 0 Å².